The van der Waals surface area contributed by atoms with Crippen LogP contribution in [0.15, 0.2) is 12.4 Å². The molecule has 1 N–H and O–H groups in total. The molecule has 0 aliphatic rings. The molecule has 2 aromatic heterocycles. The Morgan fingerprint density at radius 1 is 1.44 bits per heavy atom. The van der Waals surface area contributed by atoms with Gasteiger partial charge in [0, 0.05) is 23.7 Å². The number of aryl methyl sites for hydroxylation is 3. The molecule has 0 saturated carbocycles. The van der Waals surface area contributed by atoms with E-state index in [0.717, 1.165) is 18.0 Å². The fourth-order valence-corrected chi connectivity index (χ4v) is 3.16. The Hall–Kier alpha value is -1.20. The highest BCUT2D eigenvalue weighted by Gasteiger charge is 2.19. The molecule has 98 valence electrons. The van der Waals surface area contributed by atoms with E-state index in [1.54, 1.807) is 11.3 Å². The van der Waals surface area contributed by atoms with Crippen LogP contribution in [0.3, 0.4) is 0 Å². The van der Waals surface area contributed by atoms with E-state index in [1.807, 2.05) is 17.9 Å². The van der Waals surface area contributed by atoms with Gasteiger partial charge in [-0.3, -0.25) is 4.68 Å². The summed E-state index contributed by atoms with van der Waals surface area (Å²) in [7, 11) is 1.94. The van der Waals surface area contributed by atoms with Gasteiger partial charge in [-0.2, -0.15) is 5.10 Å². The minimum Gasteiger partial charge on any atom is -0.304 e. The standard InChI is InChI=1S/C13H20N4S/c1-5-11-9(3)18-13(16-11)12(14-6-2)10-7-15-17(4)8-10/h7-8,12,14H,5-6H2,1-4H3. The van der Waals surface area contributed by atoms with E-state index in [2.05, 4.69) is 37.4 Å². The third-order valence-electron chi connectivity index (χ3n) is 2.96. The average Bonchev–Trinajstić information content (AvgIpc) is 2.92. The molecule has 0 aromatic carbocycles. The molecule has 1 unspecified atom stereocenters. The molecule has 0 bridgehead atoms. The van der Waals surface area contributed by atoms with Crippen LogP contribution < -0.4 is 5.32 Å². The second-order valence-electron chi connectivity index (χ2n) is 4.35. The molecule has 0 radical (unpaired) electrons. The number of nitrogens with one attached hydrogen (secondary N) is 1. The summed E-state index contributed by atoms with van der Waals surface area (Å²) < 4.78 is 1.83. The molecule has 0 aliphatic carbocycles. The van der Waals surface area contributed by atoms with Crippen molar-refractivity contribution in [1.29, 1.82) is 0 Å². The number of hydrogen-bond acceptors (Lipinski definition) is 4. The predicted octanol–water partition coefficient (Wildman–Crippen LogP) is 2.45. The second kappa shape index (κ2) is 5.63. The lowest BCUT2D eigenvalue weighted by molar-refractivity contribution is 0.624. The quantitative estimate of drug-likeness (QED) is 0.902. The Bertz CT molecular complexity index is 515. The summed E-state index contributed by atoms with van der Waals surface area (Å²) in [5, 5.41) is 8.87. The van der Waals surface area contributed by atoms with Gasteiger partial charge in [0.15, 0.2) is 0 Å². The van der Waals surface area contributed by atoms with E-state index in [9.17, 15) is 0 Å². The first-order chi connectivity index (χ1) is 8.65. The highest BCUT2D eigenvalue weighted by Crippen LogP contribution is 2.28. The zero-order chi connectivity index (χ0) is 13.1. The number of nitrogens with zero attached hydrogens (tertiary/aromatic N) is 3. The smallest absolute Gasteiger partial charge is 0.115 e. The first kappa shape index (κ1) is 13.2. The van der Waals surface area contributed by atoms with Crippen LogP contribution in [0.4, 0.5) is 0 Å². The van der Waals surface area contributed by atoms with E-state index in [4.69, 9.17) is 4.98 Å². The van der Waals surface area contributed by atoms with Gasteiger partial charge in [-0.05, 0) is 19.9 Å². The molecule has 0 amide bonds. The lowest BCUT2D eigenvalue weighted by Crippen LogP contribution is -2.21. The number of thiazole rings is 1. The molecular formula is C13H20N4S. The molecule has 1 atom stereocenters. The number of rotatable bonds is 5. The minimum absolute atomic E-state index is 0.160. The molecule has 4 nitrogen and oxygen atoms in total. The van der Waals surface area contributed by atoms with Gasteiger partial charge in [0.25, 0.3) is 0 Å². The summed E-state index contributed by atoms with van der Waals surface area (Å²) >= 11 is 1.78. The molecule has 18 heavy (non-hydrogen) atoms. The molecule has 2 heterocycles. The monoisotopic (exact) mass is 264 g/mol. The van der Waals surface area contributed by atoms with Gasteiger partial charge in [-0.25, -0.2) is 4.98 Å². The minimum atomic E-state index is 0.160. The summed E-state index contributed by atoms with van der Waals surface area (Å²) in [6.45, 7) is 7.33. The summed E-state index contributed by atoms with van der Waals surface area (Å²) in [5.41, 5.74) is 2.39. The summed E-state index contributed by atoms with van der Waals surface area (Å²) in [6, 6.07) is 0.160. The van der Waals surface area contributed by atoms with Crippen molar-refractivity contribution in [2.75, 3.05) is 6.54 Å². The Balaban J connectivity index is 2.34. The van der Waals surface area contributed by atoms with Crippen molar-refractivity contribution in [2.24, 2.45) is 7.05 Å². The van der Waals surface area contributed by atoms with Gasteiger partial charge in [0.05, 0.1) is 17.9 Å². The van der Waals surface area contributed by atoms with Crippen LogP contribution in [0.5, 0.6) is 0 Å². The molecule has 2 aromatic rings. The molecule has 0 aliphatic heterocycles. The second-order valence-corrected chi connectivity index (χ2v) is 5.58. The van der Waals surface area contributed by atoms with Crippen molar-refractivity contribution in [3.05, 3.63) is 33.5 Å². The van der Waals surface area contributed by atoms with E-state index < -0.39 is 0 Å². The first-order valence-electron chi connectivity index (χ1n) is 6.33. The predicted molar refractivity (Wildman–Crippen MR) is 75.0 cm³/mol. The SMILES string of the molecule is CCNC(c1cnn(C)c1)c1nc(CC)c(C)s1. The summed E-state index contributed by atoms with van der Waals surface area (Å²) in [6.07, 6.45) is 4.96. The molecule has 0 spiro atoms. The maximum absolute atomic E-state index is 4.75. The maximum Gasteiger partial charge on any atom is 0.115 e. The van der Waals surface area contributed by atoms with Crippen molar-refractivity contribution in [1.82, 2.24) is 20.1 Å². The van der Waals surface area contributed by atoms with Gasteiger partial charge >= 0.3 is 0 Å². The van der Waals surface area contributed by atoms with Crippen LogP contribution in [-0.4, -0.2) is 21.3 Å². The average molecular weight is 264 g/mol. The van der Waals surface area contributed by atoms with Gasteiger partial charge in [0.2, 0.25) is 0 Å². The van der Waals surface area contributed by atoms with Gasteiger partial charge in [-0.1, -0.05) is 13.8 Å². The lowest BCUT2D eigenvalue weighted by Gasteiger charge is -2.13. The fourth-order valence-electron chi connectivity index (χ4n) is 2.04. The van der Waals surface area contributed by atoms with Crippen molar-refractivity contribution in [2.45, 2.75) is 33.2 Å². The highest BCUT2D eigenvalue weighted by atomic mass is 32.1. The van der Waals surface area contributed by atoms with Gasteiger partial charge < -0.3 is 5.32 Å². The van der Waals surface area contributed by atoms with Crippen molar-refractivity contribution >= 4 is 11.3 Å². The van der Waals surface area contributed by atoms with Crippen LogP contribution in [0.1, 0.15) is 41.0 Å². The van der Waals surface area contributed by atoms with Crippen molar-refractivity contribution in [3.8, 4) is 0 Å². The highest BCUT2D eigenvalue weighted by molar-refractivity contribution is 7.11. The molecule has 2 rings (SSSR count). The zero-order valence-corrected chi connectivity index (χ0v) is 12.2. The molecule has 5 heteroatoms. The van der Waals surface area contributed by atoms with Crippen molar-refractivity contribution < 1.29 is 0 Å². The summed E-state index contributed by atoms with van der Waals surface area (Å²) in [5.74, 6) is 0. The van der Waals surface area contributed by atoms with E-state index in [0.29, 0.717) is 0 Å². The van der Waals surface area contributed by atoms with Crippen LogP contribution >= 0.6 is 11.3 Å². The van der Waals surface area contributed by atoms with Crippen LogP contribution in [-0.2, 0) is 13.5 Å². The van der Waals surface area contributed by atoms with Gasteiger partial charge in [-0.15, -0.1) is 11.3 Å². The number of hydrogen-bond donors (Lipinski definition) is 1. The largest absolute Gasteiger partial charge is 0.304 e. The molecule has 0 saturated heterocycles. The Morgan fingerprint density at radius 3 is 2.72 bits per heavy atom. The van der Waals surface area contributed by atoms with E-state index in [-0.39, 0.29) is 6.04 Å². The Kier molecular flexibility index (Phi) is 4.14. The Morgan fingerprint density at radius 2 is 2.22 bits per heavy atom. The number of aromatic nitrogens is 3. The molecular weight excluding hydrogens is 244 g/mol. The molecule has 0 fully saturated rings. The third-order valence-corrected chi connectivity index (χ3v) is 4.04. The van der Waals surface area contributed by atoms with Crippen molar-refractivity contribution in [3.63, 3.8) is 0 Å². The van der Waals surface area contributed by atoms with E-state index in [1.165, 1.54) is 16.1 Å². The van der Waals surface area contributed by atoms with Crippen LogP contribution in [0, 0.1) is 6.92 Å². The fraction of sp³-hybridized carbons (Fsp3) is 0.538. The normalized spacial score (nSPS) is 12.9. The van der Waals surface area contributed by atoms with Gasteiger partial charge in [0.1, 0.15) is 5.01 Å². The topological polar surface area (TPSA) is 42.7 Å². The maximum atomic E-state index is 4.75. The third kappa shape index (κ3) is 2.62. The lowest BCUT2D eigenvalue weighted by atomic mass is 10.1. The van der Waals surface area contributed by atoms with E-state index >= 15 is 0 Å². The zero-order valence-electron chi connectivity index (χ0n) is 11.4. The van der Waals surface area contributed by atoms with Crippen LogP contribution in [0.25, 0.3) is 0 Å². The summed E-state index contributed by atoms with van der Waals surface area (Å²) in [4.78, 5) is 6.07. The Labute approximate surface area is 112 Å². The first-order valence-corrected chi connectivity index (χ1v) is 7.15. The van der Waals surface area contributed by atoms with Crippen LogP contribution in [0.2, 0.25) is 0 Å².